The zero-order valence-corrected chi connectivity index (χ0v) is 13.9. The summed E-state index contributed by atoms with van der Waals surface area (Å²) in [5.41, 5.74) is 2.04. The molecule has 7 heteroatoms. The second-order valence-electron chi connectivity index (χ2n) is 3.84. The van der Waals surface area contributed by atoms with E-state index in [1.807, 2.05) is 29.8 Å². The highest BCUT2D eigenvalue weighted by atomic mass is 79.9. The molecule has 0 spiro atoms. The Hall–Kier alpha value is -0.790. The van der Waals surface area contributed by atoms with Crippen molar-refractivity contribution in [3.05, 3.63) is 39.0 Å². The van der Waals surface area contributed by atoms with Crippen molar-refractivity contribution in [2.45, 2.75) is 12.1 Å². The van der Waals surface area contributed by atoms with Crippen molar-refractivity contribution in [3.8, 4) is 5.69 Å². The highest BCUT2D eigenvalue weighted by Crippen LogP contribution is 2.33. The van der Waals surface area contributed by atoms with Crippen molar-refractivity contribution < 1.29 is 9.90 Å². The van der Waals surface area contributed by atoms with E-state index in [2.05, 4.69) is 36.8 Å². The minimum Gasteiger partial charge on any atom is -0.481 e. The summed E-state index contributed by atoms with van der Waals surface area (Å²) in [4.78, 5) is 14.8. The van der Waals surface area contributed by atoms with Crippen LogP contribution in [0.3, 0.4) is 0 Å². The molecule has 0 aliphatic heterocycles. The van der Waals surface area contributed by atoms with E-state index >= 15 is 0 Å². The Kier molecular flexibility index (Phi) is 4.70. The number of carboxylic acid groups (broad SMARTS) is 1. The number of benzene rings is 1. The largest absolute Gasteiger partial charge is 0.481 e. The van der Waals surface area contributed by atoms with Gasteiger partial charge in [0.15, 0.2) is 5.16 Å². The van der Waals surface area contributed by atoms with Crippen LogP contribution in [0.4, 0.5) is 0 Å². The van der Waals surface area contributed by atoms with Crippen LogP contribution in [-0.4, -0.2) is 26.4 Å². The van der Waals surface area contributed by atoms with Gasteiger partial charge in [-0.05, 0) is 56.5 Å². The molecule has 0 atom stereocenters. The Labute approximate surface area is 131 Å². The van der Waals surface area contributed by atoms with Crippen molar-refractivity contribution in [3.63, 3.8) is 0 Å². The number of hydrogen-bond donors (Lipinski definition) is 1. The number of rotatable bonds is 4. The van der Waals surface area contributed by atoms with Gasteiger partial charge in [-0.2, -0.15) is 0 Å². The Bertz CT molecular complexity index is 605. The predicted octanol–water partition coefficient (Wildman–Crippen LogP) is 3.88. The molecule has 19 heavy (non-hydrogen) atoms. The molecule has 0 bridgehead atoms. The summed E-state index contributed by atoms with van der Waals surface area (Å²) < 4.78 is 3.71. The molecule has 1 N–H and O–H groups in total. The maximum Gasteiger partial charge on any atom is 0.313 e. The van der Waals surface area contributed by atoms with Gasteiger partial charge in [-0.3, -0.25) is 9.36 Å². The summed E-state index contributed by atoms with van der Waals surface area (Å²) in [5.74, 6) is -0.875. The topological polar surface area (TPSA) is 55.1 Å². The summed E-state index contributed by atoms with van der Waals surface area (Å²) >= 11 is 8.25. The highest BCUT2D eigenvalue weighted by molar-refractivity contribution is 9.11. The molecule has 0 unspecified atom stereocenters. The van der Waals surface area contributed by atoms with Gasteiger partial charge in [0.2, 0.25) is 0 Å². The molecular formula is C12H10Br2N2O2S. The lowest BCUT2D eigenvalue weighted by molar-refractivity contribution is -0.133. The summed E-state index contributed by atoms with van der Waals surface area (Å²) in [7, 11) is 0. The Morgan fingerprint density at radius 2 is 2.05 bits per heavy atom. The van der Waals surface area contributed by atoms with Crippen LogP contribution in [0.25, 0.3) is 5.69 Å². The number of carboxylic acids is 1. The number of aryl methyl sites for hydroxylation is 1. The molecule has 1 heterocycles. The van der Waals surface area contributed by atoms with Gasteiger partial charge in [-0.1, -0.05) is 11.8 Å². The van der Waals surface area contributed by atoms with Crippen LogP contribution in [0.15, 0.2) is 38.6 Å². The Morgan fingerprint density at radius 1 is 1.42 bits per heavy atom. The molecule has 1 aromatic heterocycles. The van der Waals surface area contributed by atoms with Gasteiger partial charge in [0.1, 0.15) is 0 Å². The second-order valence-corrected chi connectivity index (χ2v) is 6.49. The fraction of sp³-hybridized carbons (Fsp3) is 0.167. The first-order valence-corrected chi connectivity index (χ1v) is 7.90. The van der Waals surface area contributed by atoms with Gasteiger partial charge in [-0.15, -0.1) is 0 Å². The lowest BCUT2D eigenvalue weighted by atomic mass is 10.2. The molecular weight excluding hydrogens is 396 g/mol. The van der Waals surface area contributed by atoms with E-state index in [1.54, 1.807) is 6.20 Å². The molecule has 2 rings (SSSR count). The number of aromatic nitrogens is 2. The van der Waals surface area contributed by atoms with Crippen LogP contribution in [0.2, 0.25) is 0 Å². The van der Waals surface area contributed by atoms with Gasteiger partial charge in [0, 0.05) is 21.3 Å². The highest BCUT2D eigenvalue weighted by Gasteiger charge is 2.13. The first kappa shape index (κ1) is 14.6. The summed E-state index contributed by atoms with van der Waals surface area (Å²) in [6, 6.07) is 4.01. The van der Waals surface area contributed by atoms with Crippen LogP contribution in [0.5, 0.6) is 0 Å². The van der Waals surface area contributed by atoms with Crippen LogP contribution in [-0.2, 0) is 4.79 Å². The molecule has 0 saturated carbocycles. The molecule has 1 aromatic carbocycles. The predicted molar refractivity (Wildman–Crippen MR) is 82.1 cm³/mol. The quantitative estimate of drug-likeness (QED) is 0.784. The van der Waals surface area contributed by atoms with Crippen LogP contribution in [0, 0.1) is 6.92 Å². The lowest BCUT2D eigenvalue weighted by Gasteiger charge is -2.12. The van der Waals surface area contributed by atoms with E-state index in [1.165, 1.54) is 11.8 Å². The summed E-state index contributed by atoms with van der Waals surface area (Å²) in [6.45, 7) is 2.01. The van der Waals surface area contributed by atoms with Crippen molar-refractivity contribution in [1.82, 2.24) is 9.55 Å². The van der Waals surface area contributed by atoms with Crippen LogP contribution < -0.4 is 0 Å². The number of thioether (sulfide) groups is 1. The fourth-order valence-electron chi connectivity index (χ4n) is 1.62. The average Bonchev–Trinajstić information content (AvgIpc) is 2.73. The molecule has 0 aliphatic rings. The fourth-order valence-corrected chi connectivity index (χ4v) is 4.09. The van der Waals surface area contributed by atoms with Crippen molar-refractivity contribution >= 4 is 49.6 Å². The van der Waals surface area contributed by atoms with Crippen LogP contribution >= 0.6 is 43.6 Å². The van der Waals surface area contributed by atoms with Gasteiger partial charge in [0.05, 0.1) is 11.4 Å². The van der Waals surface area contributed by atoms with E-state index in [0.717, 1.165) is 20.2 Å². The third-order valence-corrected chi connectivity index (χ3v) is 4.49. The Morgan fingerprint density at radius 3 is 2.63 bits per heavy atom. The number of hydrogen-bond acceptors (Lipinski definition) is 3. The van der Waals surface area contributed by atoms with Gasteiger partial charge < -0.3 is 5.11 Å². The van der Waals surface area contributed by atoms with Gasteiger partial charge in [-0.25, -0.2) is 4.98 Å². The standard InChI is InChI=1S/C12H10Br2N2O2S/c1-7-4-8(13)11(9(14)5-7)16-3-2-15-12(16)19-6-10(17)18/h2-5H,6H2,1H3,(H,17,18). The first-order chi connectivity index (χ1) is 8.99. The number of carbonyl (C=O) groups is 1. The maximum atomic E-state index is 10.6. The normalized spacial score (nSPS) is 10.7. The van der Waals surface area contributed by atoms with Gasteiger partial charge >= 0.3 is 5.97 Å². The number of imidazole rings is 1. The first-order valence-electron chi connectivity index (χ1n) is 5.33. The Balaban J connectivity index is 2.43. The SMILES string of the molecule is Cc1cc(Br)c(-n2ccnc2SCC(=O)O)c(Br)c1. The minimum absolute atomic E-state index is 0.0158. The van der Waals surface area contributed by atoms with E-state index < -0.39 is 5.97 Å². The molecule has 0 saturated heterocycles. The molecule has 2 aromatic rings. The summed E-state index contributed by atoms with van der Waals surface area (Å²) in [6.07, 6.45) is 3.47. The molecule has 0 fully saturated rings. The molecule has 0 amide bonds. The average molecular weight is 406 g/mol. The van der Waals surface area contributed by atoms with E-state index in [4.69, 9.17) is 5.11 Å². The molecule has 4 nitrogen and oxygen atoms in total. The van der Waals surface area contributed by atoms with E-state index in [9.17, 15) is 4.79 Å². The number of nitrogens with zero attached hydrogens (tertiary/aromatic N) is 2. The molecule has 0 radical (unpaired) electrons. The molecule has 0 aliphatic carbocycles. The third-order valence-electron chi connectivity index (χ3n) is 2.33. The molecule has 100 valence electrons. The van der Waals surface area contributed by atoms with Crippen molar-refractivity contribution in [2.75, 3.05) is 5.75 Å². The monoisotopic (exact) mass is 404 g/mol. The smallest absolute Gasteiger partial charge is 0.313 e. The summed E-state index contributed by atoms with van der Waals surface area (Å²) in [5, 5.41) is 9.39. The lowest BCUT2D eigenvalue weighted by Crippen LogP contribution is -2.02. The van der Waals surface area contributed by atoms with Crippen molar-refractivity contribution in [2.24, 2.45) is 0 Å². The zero-order valence-electron chi connectivity index (χ0n) is 9.93. The van der Waals surface area contributed by atoms with Crippen molar-refractivity contribution in [1.29, 1.82) is 0 Å². The number of aliphatic carboxylic acids is 1. The van der Waals surface area contributed by atoms with Crippen LogP contribution in [0.1, 0.15) is 5.56 Å². The number of halogens is 2. The second kappa shape index (κ2) is 6.11. The third kappa shape index (κ3) is 3.40. The maximum absolute atomic E-state index is 10.6. The van der Waals surface area contributed by atoms with E-state index in [0.29, 0.717) is 5.16 Å². The van der Waals surface area contributed by atoms with E-state index in [-0.39, 0.29) is 5.75 Å². The minimum atomic E-state index is -0.860. The zero-order chi connectivity index (χ0) is 14.0. The van der Waals surface area contributed by atoms with Gasteiger partial charge in [0.25, 0.3) is 0 Å².